The molecule has 1 atom stereocenters. The van der Waals surface area contributed by atoms with Crippen molar-refractivity contribution in [1.29, 1.82) is 0 Å². The number of imidazole rings is 1. The molecular weight excluding hydrogens is 160 g/mol. The van der Waals surface area contributed by atoms with Gasteiger partial charge in [-0.25, -0.2) is 4.98 Å². The number of thioether (sulfide) groups is 1. The van der Waals surface area contributed by atoms with Gasteiger partial charge in [-0.15, -0.1) is 11.8 Å². The topological polar surface area (TPSA) is 27.1 Å². The van der Waals surface area contributed by atoms with E-state index < -0.39 is 0 Å². The smallest absolute Gasteiger partial charge is 0.214 e. The maximum atomic E-state index is 5.58. The van der Waals surface area contributed by atoms with Gasteiger partial charge in [-0.1, -0.05) is 0 Å². The van der Waals surface area contributed by atoms with Crippen LogP contribution in [0.15, 0.2) is 12.5 Å². The van der Waals surface area contributed by atoms with Crippen molar-refractivity contribution in [3.63, 3.8) is 0 Å². The van der Waals surface area contributed by atoms with Crippen molar-refractivity contribution in [2.24, 2.45) is 0 Å². The number of hydrogen-bond donors (Lipinski definition) is 0. The molecule has 0 bridgehead atoms. The zero-order chi connectivity index (χ0) is 7.68. The number of rotatable bonds is 1. The first-order valence-corrected chi connectivity index (χ1v) is 4.88. The van der Waals surface area contributed by atoms with Crippen molar-refractivity contribution in [1.82, 2.24) is 9.55 Å². The summed E-state index contributed by atoms with van der Waals surface area (Å²) in [6, 6.07) is 0. The van der Waals surface area contributed by atoms with Crippen LogP contribution >= 0.6 is 11.8 Å². The van der Waals surface area contributed by atoms with Crippen LogP contribution in [0.25, 0.3) is 0 Å². The molecule has 1 aromatic rings. The highest BCUT2D eigenvalue weighted by Gasteiger charge is 2.17. The fourth-order valence-corrected chi connectivity index (χ4v) is 1.71. The minimum atomic E-state index is 0.319. The van der Waals surface area contributed by atoms with Gasteiger partial charge in [0.25, 0.3) is 0 Å². The lowest BCUT2D eigenvalue weighted by molar-refractivity contribution is 0.213. The van der Waals surface area contributed by atoms with Gasteiger partial charge in [0.05, 0.1) is 12.5 Å². The molecule has 0 spiro atoms. The Kier molecular flexibility index (Phi) is 1.77. The van der Waals surface area contributed by atoms with Crippen LogP contribution in [0.1, 0.15) is 6.42 Å². The van der Waals surface area contributed by atoms with Gasteiger partial charge < -0.3 is 9.30 Å². The van der Waals surface area contributed by atoms with Crippen molar-refractivity contribution in [2.75, 3.05) is 6.26 Å². The molecular formula is C7H10N2OS. The summed E-state index contributed by atoms with van der Waals surface area (Å²) in [5.41, 5.74) is 0.319. The van der Waals surface area contributed by atoms with E-state index in [-0.39, 0.29) is 0 Å². The van der Waals surface area contributed by atoms with E-state index in [4.69, 9.17) is 4.74 Å². The van der Waals surface area contributed by atoms with Gasteiger partial charge >= 0.3 is 0 Å². The molecule has 1 aromatic heterocycles. The fourth-order valence-electron chi connectivity index (χ4n) is 1.18. The van der Waals surface area contributed by atoms with Crippen LogP contribution in [0.2, 0.25) is 0 Å². The van der Waals surface area contributed by atoms with Gasteiger partial charge in [0.15, 0.2) is 0 Å². The van der Waals surface area contributed by atoms with Crippen molar-refractivity contribution < 1.29 is 4.74 Å². The molecule has 0 aromatic carbocycles. The molecule has 0 N–H and O–H groups in total. The summed E-state index contributed by atoms with van der Waals surface area (Å²) >= 11 is 1.75. The first kappa shape index (κ1) is 7.03. The molecule has 0 fully saturated rings. The Morgan fingerprint density at radius 2 is 2.73 bits per heavy atom. The second kappa shape index (κ2) is 2.77. The molecule has 0 saturated carbocycles. The van der Waals surface area contributed by atoms with E-state index in [1.54, 1.807) is 18.0 Å². The maximum Gasteiger partial charge on any atom is 0.214 e. The van der Waals surface area contributed by atoms with Gasteiger partial charge in [-0.2, -0.15) is 0 Å². The maximum absolute atomic E-state index is 5.58. The molecule has 3 nitrogen and oxygen atoms in total. The molecule has 0 radical (unpaired) electrons. The third-order valence-corrected chi connectivity index (χ3v) is 2.65. The predicted octanol–water partition coefficient (Wildman–Crippen LogP) is 1.35. The van der Waals surface area contributed by atoms with Crippen molar-refractivity contribution in [3.05, 3.63) is 12.5 Å². The van der Waals surface area contributed by atoms with E-state index in [0.717, 1.165) is 18.8 Å². The Morgan fingerprint density at radius 3 is 3.55 bits per heavy atom. The van der Waals surface area contributed by atoms with E-state index in [1.807, 2.05) is 10.9 Å². The minimum absolute atomic E-state index is 0.319. The quantitative estimate of drug-likeness (QED) is 0.636. The summed E-state index contributed by atoms with van der Waals surface area (Å²) in [4.78, 5) is 4.00. The lowest BCUT2D eigenvalue weighted by atomic mass is 10.4. The van der Waals surface area contributed by atoms with E-state index in [1.165, 1.54) is 0 Å². The van der Waals surface area contributed by atoms with Crippen LogP contribution < -0.4 is 4.74 Å². The summed E-state index contributed by atoms with van der Waals surface area (Å²) in [6.45, 7) is 1.03. The molecule has 2 rings (SSSR count). The standard InChI is InChI=1S/C7H10N2OS/c1-11-7-2-3-9-5-8-4-6(9)10-7/h4-5,7H,2-3H2,1H3. The molecule has 0 saturated heterocycles. The van der Waals surface area contributed by atoms with Crippen LogP contribution in [0.4, 0.5) is 0 Å². The lowest BCUT2D eigenvalue weighted by Crippen LogP contribution is -2.21. The molecule has 4 heteroatoms. The first-order valence-electron chi connectivity index (χ1n) is 3.60. The monoisotopic (exact) mass is 170 g/mol. The number of aromatic nitrogens is 2. The molecule has 0 aliphatic carbocycles. The number of nitrogens with zero attached hydrogens (tertiary/aromatic N) is 2. The third-order valence-electron chi connectivity index (χ3n) is 1.79. The fraction of sp³-hybridized carbons (Fsp3) is 0.571. The summed E-state index contributed by atoms with van der Waals surface area (Å²) < 4.78 is 7.62. The van der Waals surface area contributed by atoms with E-state index in [9.17, 15) is 0 Å². The summed E-state index contributed by atoms with van der Waals surface area (Å²) in [5, 5.41) is 0. The number of ether oxygens (including phenoxy) is 1. The summed E-state index contributed by atoms with van der Waals surface area (Å²) in [5.74, 6) is 0.899. The molecule has 2 heterocycles. The number of aryl methyl sites for hydroxylation is 1. The van der Waals surface area contributed by atoms with Crippen LogP contribution in [0.5, 0.6) is 5.88 Å². The third kappa shape index (κ3) is 1.22. The highest BCUT2D eigenvalue weighted by molar-refractivity contribution is 7.99. The van der Waals surface area contributed by atoms with E-state index >= 15 is 0 Å². The van der Waals surface area contributed by atoms with Crippen LogP contribution in [-0.2, 0) is 6.54 Å². The summed E-state index contributed by atoms with van der Waals surface area (Å²) in [7, 11) is 0. The van der Waals surface area contributed by atoms with Gasteiger partial charge in [-0.3, -0.25) is 0 Å². The average Bonchev–Trinajstić information content (AvgIpc) is 2.50. The highest BCUT2D eigenvalue weighted by atomic mass is 32.2. The second-order valence-corrected chi connectivity index (χ2v) is 3.49. The normalized spacial score (nSPS) is 22.5. The van der Waals surface area contributed by atoms with Gasteiger partial charge in [0, 0.05) is 13.0 Å². The first-order chi connectivity index (χ1) is 5.40. The van der Waals surface area contributed by atoms with E-state index in [0.29, 0.717) is 5.44 Å². The van der Waals surface area contributed by atoms with Gasteiger partial charge in [0.1, 0.15) is 5.44 Å². The van der Waals surface area contributed by atoms with Crippen LogP contribution in [-0.4, -0.2) is 21.2 Å². The van der Waals surface area contributed by atoms with Crippen LogP contribution in [0, 0.1) is 0 Å². The number of hydrogen-bond acceptors (Lipinski definition) is 3. The van der Waals surface area contributed by atoms with Crippen molar-refractivity contribution >= 4 is 11.8 Å². The van der Waals surface area contributed by atoms with Crippen LogP contribution in [0.3, 0.4) is 0 Å². The lowest BCUT2D eigenvalue weighted by Gasteiger charge is -2.22. The molecule has 0 amide bonds. The molecule has 60 valence electrons. The Hall–Kier alpha value is -0.640. The van der Waals surface area contributed by atoms with Gasteiger partial charge in [-0.05, 0) is 6.26 Å². The van der Waals surface area contributed by atoms with Crippen molar-refractivity contribution in [2.45, 2.75) is 18.4 Å². The van der Waals surface area contributed by atoms with E-state index in [2.05, 4.69) is 11.2 Å². The Balaban J connectivity index is 2.18. The largest absolute Gasteiger partial charge is 0.463 e. The zero-order valence-corrected chi connectivity index (χ0v) is 7.17. The molecule has 1 aliphatic rings. The molecule has 11 heavy (non-hydrogen) atoms. The summed E-state index contributed by atoms with van der Waals surface area (Å²) in [6.07, 6.45) is 6.72. The SMILES string of the molecule is CSC1CCn2cncc2O1. The zero-order valence-electron chi connectivity index (χ0n) is 6.36. The average molecular weight is 170 g/mol. The number of fused-ring (bicyclic) bond motifs is 1. The Bertz CT molecular complexity index is 248. The second-order valence-electron chi connectivity index (χ2n) is 2.50. The Morgan fingerprint density at radius 1 is 1.82 bits per heavy atom. The minimum Gasteiger partial charge on any atom is -0.463 e. The molecule has 1 unspecified atom stereocenters. The Labute approximate surface area is 69.8 Å². The molecule has 1 aliphatic heterocycles. The predicted molar refractivity (Wildman–Crippen MR) is 44.8 cm³/mol. The van der Waals surface area contributed by atoms with Gasteiger partial charge in [0.2, 0.25) is 5.88 Å². The highest BCUT2D eigenvalue weighted by Crippen LogP contribution is 2.24. The van der Waals surface area contributed by atoms with Crippen molar-refractivity contribution in [3.8, 4) is 5.88 Å².